The van der Waals surface area contributed by atoms with E-state index in [0.29, 0.717) is 12.3 Å². The van der Waals surface area contributed by atoms with Crippen LogP contribution in [0.3, 0.4) is 0 Å². The number of hydrogen-bond acceptors (Lipinski definition) is 3. The van der Waals surface area contributed by atoms with Crippen LogP contribution in [0.5, 0.6) is 5.75 Å². The summed E-state index contributed by atoms with van der Waals surface area (Å²) in [6, 6.07) is 18.1. The maximum atomic E-state index is 12.4. The predicted molar refractivity (Wildman–Crippen MR) is 105 cm³/mol. The van der Waals surface area contributed by atoms with Crippen LogP contribution >= 0.6 is 0 Å². The Balaban J connectivity index is 1.52. The van der Waals surface area contributed by atoms with E-state index in [-0.39, 0.29) is 11.3 Å². The van der Waals surface area contributed by atoms with Crippen LogP contribution < -0.4 is 15.4 Å². The van der Waals surface area contributed by atoms with Crippen LogP contribution in [-0.4, -0.2) is 31.6 Å². The van der Waals surface area contributed by atoms with Crippen molar-refractivity contribution in [3.05, 3.63) is 54.6 Å². The number of carbonyl (C=O) groups excluding carboxylic acids is 1. The van der Waals surface area contributed by atoms with Gasteiger partial charge in [-0.3, -0.25) is 4.79 Å². The highest BCUT2D eigenvalue weighted by molar-refractivity contribution is 5.80. The van der Waals surface area contributed by atoms with Crippen molar-refractivity contribution in [1.29, 1.82) is 0 Å². The van der Waals surface area contributed by atoms with Gasteiger partial charge in [-0.25, -0.2) is 0 Å². The first-order valence-corrected chi connectivity index (χ1v) is 9.36. The van der Waals surface area contributed by atoms with Gasteiger partial charge < -0.3 is 15.4 Å². The maximum Gasteiger partial charge on any atom is 0.260 e. The molecule has 1 saturated heterocycles. The highest BCUT2D eigenvalue weighted by Gasteiger charge is 2.28. The van der Waals surface area contributed by atoms with Gasteiger partial charge in [0, 0.05) is 6.54 Å². The average molecular weight is 352 g/mol. The van der Waals surface area contributed by atoms with E-state index in [1.807, 2.05) is 42.5 Å². The Labute approximate surface area is 156 Å². The molecule has 1 aliphatic rings. The first kappa shape index (κ1) is 18.5. The summed E-state index contributed by atoms with van der Waals surface area (Å²) < 4.78 is 5.82. The van der Waals surface area contributed by atoms with E-state index in [4.69, 9.17) is 4.74 Å². The van der Waals surface area contributed by atoms with Gasteiger partial charge in [0.1, 0.15) is 5.75 Å². The number of ether oxygens (including phenoxy) is 1. The molecule has 1 unspecified atom stereocenters. The van der Waals surface area contributed by atoms with Gasteiger partial charge in [-0.05, 0) is 61.5 Å². The summed E-state index contributed by atoms with van der Waals surface area (Å²) in [5.41, 5.74) is 2.48. The van der Waals surface area contributed by atoms with Crippen molar-refractivity contribution in [2.45, 2.75) is 32.8 Å². The van der Waals surface area contributed by atoms with Gasteiger partial charge in [-0.1, -0.05) is 49.4 Å². The van der Waals surface area contributed by atoms with E-state index < -0.39 is 6.10 Å². The maximum absolute atomic E-state index is 12.4. The minimum absolute atomic E-state index is 0.0584. The van der Waals surface area contributed by atoms with E-state index in [0.717, 1.165) is 31.5 Å². The van der Waals surface area contributed by atoms with Crippen molar-refractivity contribution >= 4 is 5.91 Å². The number of benzene rings is 2. The van der Waals surface area contributed by atoms with Gasteiger partial charge in [0.25, 0.3) is 5.91 Å². The molecule has 2 aromatic rings. The Kier molecular flexibility index (Phi) is 5.94. The molecular formula is C22H28N2O2. The zero-order chi connectivity index (χ0) is 18.4. The third kappa shape index (κ3) is 4.85. The molecule has 0 saturated carbocycles. The Morgan fingerprint density at radius 2 is 1.69 bits per heavy atom. The summed E-state index contributed by atoms with van der Waals surface area (Å²) in [7, 11) is 0. The lowest BCUT2D eigenvalue weighted by molar-refractivity contribution is -0.127. The normalized spacial score (nSPS) is 17.3. The molecule has 3 rings (SSSR count). The number of nitrogens with one attached hydrogen (secondary N) is 2. The Hall–Kier alpha value is -2.33. The molecule has 1 fully saturated rings. The molecule has 0 radical (unpaired) electrons. The summed E-state index contributed by atoms with van der Waals surface area (Å²) in [5.74, 6) is 0.650. The standard InChI is InChI=1S/C22H28N2O2/c1-17(21(25)24-16-22(2)12-14-23-15-13-22)26-20-10-8-19(9-11-20)18-6-4-3-5-7-18/h3-11,17,23H,12-16H2,1-2H3,(H,24,25). The van der Waals surface area contributed by atoms with Gasteiger partial charge in [-0.15, -0.1) is 0 Å². The molecule has 1 heterocycles. The molecule has 0 aliphatic carbocycles. The molecular weight excluding hydrogens is 324 g/mol. The van der Waals surface area contributed by atoms with Crippen molar-refractivity contribution in [3.63, 3.8) is 0 Å². The lowest BCUT2D eigenvalue weighted by atomic mass is 9.81. The lowest BCUT2D eigenvalue weighted by Gasteiger charge is -2.34. The van der Waals surface area contributed by atoms with Crippen molar-refractivity contribution in [2.75, 3.05) is 19.6 Å². The zero-order valence-corrected chi connectivity index (χ0v) is 15.6. The van der Waals surface area contributed by atoms with Crippen LogP contribution in [0.25, 0.3) is 11.1 Å². The SMILES string of the molecule is CC(Oc1ccc(-c2ccccc2)cc1)C(=O)NCC1(C)CCNCC1. The molecule has 138 valence electrons. The third-order valence-electron chi connectivity index (χ3n) is 5.14. The summed E-state index contributed by atoms with van der Waals surface area (Å²) >= 11 is 0. The molecule has 2 N–H and O–H groups in total. The predicted octanol–water partition coefficient (Wildman–Crippen LogP) is 3.63. The summed E-state index contributed by atoms with van der Waals surface area (Å²) in [5, 5.41) is 6.42. The second-order valence-corrected chi connectivity index (χ2v) is 7.43. The van der Waals surface area contributed by atoms with Crippen LogP contribution in [-0.2, 0) is 4.79 Å². The van der Waals surface area contributed by atoms with Crippen molar-refractivity contribution in [3.8, 4) is 16.9 Å². The molecule has 1 amide bonds. The van der Waals surface area contributed by atoms with Crippen LogP contribution in [0.1, 0.15) is 26.7 Å². The minimum atomic E-state index is -0.511. The molecule has 26 heavy (non-hydrogen) atoms. The largest absolute Gasteiger partial charge is 0.481 e. The quantitative estimate of drug-likeness (QED) is 0.835. The van der Waals surface area contributed by atoms with E-state index >= 15 is 0 Å². The minimum Gasteiger partial charge on any atom is -0.481 e. The first-order valence-electron chi connectivity index (χ1n) is 9.36. The van der Waals surface area contributed by atoms with E-state index in [1.165, 1.54) is 5.56 Å². The molecule has 1 aliphatic heterocycles. The monoisotopic (exact) mass is 352 g/mol. The summed E-state index contributed by atoms with van der Waals surface area (Å²) in [4.78, 5) is 12.4. The van der Waals surface area contributed by atoms with Gasteiger partial charge >= 0.3 is 0 Å². The Morgan fingerprint density at radius 1 is 1.08 bits per heavy atom. The second kappa shape index (κ2) is 8.37. The van der Waals surface area contributed by atoms with Gasteiger partial charge in [-0.2, -0.15) is 0 Å². The first-order chi connectivity index (χ1) is 12.6. The summed E-state index contributed by atoms with van der Waals surface area (Å²) in [6.45, 7) is 6.78. The molecule has 4 nitrogen and oxygen atoms in total. The van der Waals surface area contributed by atoms with Crippen LogP contribution in [0.15, 0.2) is 54.6 Å². The fourth-order valence-electron chi connectivity index (χ4n) is 3.27. The van der Waals surface area contributed by atoms with E-state index in [9.17, 15) is 4.79 Å². The lowest BCUT2D eigenvalue weighted by Crippen LogP contribution is -2.45. The average Bonchev–Trinajstić information content (AvgIpc) is 2.68. The number of hydrogen-bond donors (Lipinski definition) is 2. The van der Waals surface area contributed by atoms with Crippen LogP contribution in [0.4, 0.5) is 0 Å². The van der Waals surface area contributed by atoms with E-state index in [2.05, 4.69) is 29.7 Å². The third-order valence-corrected chi connectivity index (χ3v) is 5.14. The van der Waals surface area contributed by atoms with Crippen molar-refractivity contribution < 1.29 is 9.53 Å². The van der Waals surface area contributed by atoms with Crippen LogP contribution in [0, 0.1) is 5.41 Å². The van der Waals surface area contributed by atoms with Crippen molar-refractivity contribution in [1.82, 2.24) is 10.6 Å². The van der Waals surface area contributed by atoms with Crippen LogP contribution in [0.2, 0.25) is 0 Å². The number of rotatable bonds is 6. The molecule has 0 bridgehead atoms. The number of piperidine rings is 1. The highest BCUT2D eigenvalue weighted by Crippen LogP contribution is 2.27. The Morgan fingerprint density at radius 3 is 2.35 bits per heavy atom. The highest BCUT2D eigenvalue weighted by atomic mass is 16.5. The fraction of sp³-hybridized carbons (Fsp3) is 0.409. The van der Waals surface area contributed by atoms with Crippen molar-refractivity contribution in [2.24, 2.45) is 5.41 Å². The van der Waals surface area contributed by atoms with Gasteiger partial charge in [0.05, 0.1) is 0 Å². The number of amides is 1. The van der Waals surface area contributed by atoms with Gasteiger partial charge in [0.2, 0.25) is 0 Å². The second-order valence-electron chi connectivity index (χ2n) is 7.43. The van der Waals surface area contributed by atoms with Gasteiger partial charge in [0.15, 0.2) is 6.10 Å². The zero-order valence-electron chi connectivity index (χ0n) is 15.6. The molecule has 0 aromatic heterocycles. The topological polar surface area (TPSA) is 50.4 Å². The summed E-state index contributed by atoms with van der Waals surface area (Å²) in [6.07, 6.45) is 1.66. The smallest absolute Gasteiger partial charge is 0.260 e. The Bertz CT molecular complexity index is 707. The van der Waals surface area contributed by atoms with E-state index in [1.54, 1.807) is 6.92 Å². The number of carbonyl (C=O) groups is 1. The molecule has 0 spiro atoms. The molecule has 2 aromatic carbocycles. The molecule has 4 heteroatoms. The molecule has 1 atom stereocenters. The fourth-order valence-corrected chi connectivity index (χ4v) is 3.27.